The molecule has 0 aliphatic carbocycles. The van der Waals surface area contributed by atoms with E-state index in [1.54, 1.807) is 6.26 Å². The van der Waals surface area contributed by atoms with Gasteiger partial charge in [-0.25, -0.2) is 0 Å². The normalized spacial score (nSPS) is 22.5. The Balaban J connectivity index is 0.000000177. The molecule has 4 rings (SSSR count). The Morgan fingerprint density at radius 3 is 2.50 bits per heavy atom. The van der Waals surface area contributed by atoms with E-state index in [-0.39, 0.29) is 0 Å². The van der Waals surface area contributed by atoms with Gasteiger partial charge in [-0.2, -0.15) is 0 Å². The number of likely N-dealkylation sites (tertiary alicyclic amines) is 1. The van der Waals surface area contributed by atoms with Gasteiger partial charge in [0.05, 0.1) is 6.61 Å². The molecule has 0 spiro atoms. The highest BCUT2D eigenvalue weighted by Crippen LogP contribution is 2.15. The first-order valence-electron chi connectivity index (χ1n) is 11.8. The van der Waals surface area contributed by atoms with Crippen molar-refractivity contribution in [2.45, 2.75) is 32.4 Å². The Labute approximate surface area is 182 Å². The largest absolute Gasteiger partial charge is 0.375 e. The molecule has 0 saturated carbocycles. The van der Waals surface area contributed by atoms with Gasteiger partial charge in [0.2, 0.25) is 0 Å². The number of nitrogens with one attached hydrogen (secondary N) is 1. The molecule has 1 aromatic heterocycles. The zero-order chi connectivity index (χ0) is 21.0. The van der Waals surface area contributed by atoms with E-state index < -0.39 is 0 Å². The van der Waals surface area contributed by atoms with Gasteiger partial charge < -0.3 is 29.3 Å². The summed E-state index contributed by atoms with van der Waals surface area (Å²) < 4.78 is 10.2. The van der Waals surface area contributed by atoms with Crippen LogP contribution < -0.4 is 5.32 Å². The minimum Gasteiger partial charge on any atom is -0.375 e. The Kier molecular flexibility index (Phi) is 10.6. The first-order valence-corrected chi connectivity index (χ1v) is 11.8. The van der Waals surface area contributed by atoms with Gasteiger partial charge in [0.25, 0.3) is 0 Å². The van der Waals surface area contributed by atoms with Gasteiger partial charge in [-0.15, -0.1) is 0 Å². The maximum Gasteiger partial charge on any atom is 0.124 e. The van der Waals surface area contributed by atoms with Crippen molar-refractivity contribution in [3.63, 3.8) is 0 Å². The summed E-state index contributed by atoms with van der Waals surface area (Å²) in [7, 11) is 2.22. The van der Waals surface area contributed by atoms with Crippen molar-refractivity contribution in [3.8, 4) is 0 Å². The quantitative estimate of drug-likeness (QED) is 0.587. The maximum absolute atomic E-state index is 5.51. The van der Waals surface area contributed by atoms with Crippen LogP contribution in [0.3, 0.4) is 0 Å². The highest BCUT2D eigenvalue weighted by atomic mass is 16.5. The van der Waals surface area contributed by atoms with E-state index in [0.717, 1.165) is 37.9 Å². The number of ether oxygens (including phenoxy) is 1. The topological polar surface area (TPSA) is 60.3 Å². The fourth-order valence-corrected chi connectivity index (χ4v) is 4.18. The van der Waals surface area contributed by atoms with Crippen molar-refractivity contribution < 1.29 is 9.26 Å². The lowest BCUT2D eigenvalue weighted by atomic mass is 10.1. The second kappa shape index (κ2) is 13.4. The fraction of sp³-hybridized carbons (Fsp3) is 0.864. The van der Waals surface area contributed by atoms with Crippen LogP contribution in [-0.4, -0.2) is 123 Å². The van der Waals surface area contributed by atoms with Crippen LogP contribution in [0.1, 0.15) is 25.5 Å². The molecule has 0 aromatic carbocycles. The molecule has 0 radical (unpaired) electrons. The first kappa shape index (κ1) is 23.6. The molecule has 3 aliphatic rings. The Morgan fingerprint density at radius 1 is 1.07 bits per heavy atom. The number of nitrogens with zero attached hydrogens (tertiary/aromatic N) is 5. The number of piperazine rings is 2. The van der Waals surface area contributed by atoms with Gasteiger partial charge in [-0.05, 0) is 33.0 Å². The summed E-state index contributed by atoms with van der Waals surface area (Å²) in [5.41, 5.74) is 0.868. The average Bonchev–Trinajstić information content (AvgIpc) is 3.26. The predicted molar refractivity (Wildman–Crippen MR) is 120 cm³/mol. The molecule has 0 bridgehead atoms. The van der Waals surface area contributed by atoms with Crippen LogP contribution in [0.5, 0.6) is 0 Å². The SMILES string of the molecule is CCN1CC(N2CCN(C)CC2)C1.c1cc(COCCCCN2CCNCC2)no1. The lowest BCUT2D eigenvalue weighted by Crippen LogP contribution is -2.62. The summed E-state index contributed by atoms with van der Waals surface area (Å²) in [4.78, 5) is 10.1. The fourth-order valence-electron chi connectivity index (χ4n) is 4.18. The number of aromatic nitrogens is 1. The molecular weight excluding hydrogens is 380 g/mol. The number of unbranched alkanes of at least 4 members (excludes halogenated alkanes) is 1. The molecule has 0 amide bonds. The second-order valence-corrected chi connectivity index (χ2v) is 8.69. The van der Waals surface area contributed by atoms with Crippen LogP contribution in [0.15, 0.2) is 16.9 Å². The number of hydrogen-bond acceptors (Lipinski definition) is 8. The van der Waals surface area contributed by atoms with E-state index in [2.05, 4.69) is 44.0 Å². The van der Waals surface area contributed by atoms with Crippen molar-refractivity contribution >= 4 is 0 Å². The van der Waals surface area contributed by atoms with E-state index in [1.807, 2.05) is 6.07 Å². The van der Waals surface area contributed by atoms with Crippen LogP contribution in [0.2, 0.25) is 0 Å². The van der Waals surface area contributed by atoms with E-state index in [9.17, 15) is 0 Å². The first-order chi connectivity index (χ1) is 14.7. The molecule has 172 valence electrons. The summed E-state index contributed by atoms with van der Waals surface area (Å²) in [6.45, 7) is 18.3. The highest BCUT2D eigenvalue weighted by molar-refractivity contribution is 4.92. The number of rotatable bonds is 9. The average molecular weight is 423 g/mol. The summed E-state index contributed by atoms with van der Waals surface area (Å²) in [5.74, 6) is 0. The third kappa shape index (κ3) is 8.24. The van der Waals surface area contributed by atoms with Crippen LogP contribution in [0.4, 0.5) is 0 Å². The van der Waals surface area contributed by atoms with Crippen molar-refractivity contribution in [1.82, 2.24) is 30.1 Å². The zero-order valence-corrected chi connectivity index (χ0v) is 19.1. The van der Waals surface area contributed by atoms with Crippen molar-refractivity contribution in [1.29, 1.82) is 0 Å². The molecule has 1 aromatic rings. The van der Waals surface area contributed by atoms with E-state index >= 15 is 0 Å². The standard InChI is InChI=1S/C12H21N3O2.C10H21N3/c1(6-15-7-4-13-5-8-15)2-9-16-11-12-3-10-17-14-12;1-3-12-8-10(9-12)13-6-4-11(2)5-7-13/h3,10,13H,1-2,4-9,11H2;10H,3-9H2,1-2H3. The minimum absolute atomic E-state index is 0.560. The van der Waals surface area contributed by atoms with Crippen LogP contribution in [0, 0.1) is 0 Å². The monoisotopic (exact) mass is 422 g/mol. The van der Waals surface area contributed by atoms with E-state index in [4.69, 9.17) is 9.26 Å². The van der Waals surface area contributed by atoms with Gasteiger partial charge >= 0.3 is 0 Å². The molecule has 4 heterocycles. The van der Waals surface area contributed by atoms with Crippen molar-refractivity contribution in [3.05, 3.63) is 18.0 Å². The molecule has 0 atom stereocenters. The van der Waals surface area contributed by atoms with Gasteiger partial charge in [-0.1, -0.05) is 12.1 Å². The molecule has 8 nitrogen and oxygen atoms in total. The number of likely N-dealkylation sites (N-methyl/N-ethyl adjacent to an activating group) is 2. The molecule has 0 unspecified atom stereocenters. The van der Waals surface area contributed by atoms with Crippen LogP contribution in [-0.2, 0) is 11.3 Å². The Morgan fingerprint density at radius 2 is 1.83 bits per heavy atom. The van der Waals surface area contributed by atoms with Crippen molar-refractivity contribution in [2.75, 3.05) is 92.2 Å². The highest BCUT2D eigenvalue weighted by Gasteiger charge is 2.31. The lowest BCUT2D eigenvalue weighted by molar-refractivity contribution is 0.0125. The maximum atomic E-state index is 5.51. The molecule has 3 aliphatic heterocycles. The summed E-state index contributed by atoms with van der Waals surface area (Å²) in [6.07, 6.45) is 3.89. The predicted octanol–water partition coefficient (Wildman–Crippen LogP) is 0.815. The molecular formula is C22H42N6O2. The molecule has 3 fully saturated rings. The van der Waals surface area contributed by atoms with Crippen LogP contribution >= 0.6 is 0 Å². The van der Waals surface area contributed by atoms with Gasteiger partial charge in [-0.3, -0.25) is 4.90 Å². The van der Waals surface area contributed by atoms with Crippen LogP contribution in [0.25, 0.3) is 0 Å². The summed E-state index contributed by atoms with van der Waals surface area (Å²) in [6, 6.07) is 2.70. The molecule has 30 heavy (non-hydrogen) atoms. The summed E-state index contributed by atoms with van der Waals surface area (Å²) in [5, 5.41) is 7.15. The molecule has 3 saturated heterocycles. The van der Waals surface area contributed by atoms with Gasteiger partial charge in [0.1, 0.15) is 12.0 Å². The Hall–Kier alpha value is -1.03. The van der Waals surface area contributed by atoms with E-state index in [1.165, 1.54) is 71.9 Å². The smallest absolute Gasteiger partial charge is 0.124 e. The van der Waals surface area contributed by atoms with Crippen molar-refractivity contribution in [2.24, 2.45) is 0 Å². The third-order valence-electron chi connectivity index (χ3n) is 6.40. The Bertz CT molecular complexity index is 538. The van der Waals surface area contributed by atoms with Gasteiger partial charge in [0, 0.05) is 84.2 Å². The zero-order valence-electron chi connectivity index (χ0n) is 19.1. The third-order valence-corrected chi connectivity index (χ3v) is 6.40. The minimum atomic E-state index is 0.560. The lowest BCUT2D eigenvalue weighted by Gasteiger charge is -2.47. The van der Waals surface area contributed by atoms with Gasteiger partial charge in [0.15, 0.2) is 0 Å². The molecule has 8 heteroatoms. The number of hydrogen-bond donors (Lipinski definition) is 1. The summed E-state index contributed by atoms with van der Waals surface area (Å²) >= 11 is 0. The van der Waals surface area contributed by atoms with E-state index in [0.29, 0.717) is 6.61 Å². The second-order valence-electron chi connectivity index (χ2n) is 8.69. The molecule has 1 N–H and O–H groups in total.